The molecule has 1 atom stereocenters. The smallest absolute Gasteiger partial charge is 0.414 e. The summed E-state index contributed by atoms with van der Waals surface area (Å²) in [7, 11) is -3.21. The van der Waals surface area contributed by atoms with Crippen molar-refractivity contribution in [2.24, 2.45) is 0 Å². The topological polar surface area (TPSA) is 94.4 Å². The molecule has 1 aromatic heterocycles. The Morgan fingerprint density at radius 2 is 2.00 bits per heavy atom. The number of halogens is 2. The first-order chi connectivity index (χ1) is 13.7. The van der Waals surface area contributed by atoms with Crippen LogP contribution in [0.3, 0.4) is 0 Å². The van der Waals surface area contributed by atoms with E-state index >= 15 is 0 Å². The molecule has 0 radical (unpaired) electrons. The second-order valence-corrected chi connectivity index (χ2v) is 9.31. The highest BCUT2D eigenvalue weighted by molar-refractivity contribution is 7.91. The molecule has 11 heteroatoms. The fourth-order valence-electron chi connectivity index (χ4n) is 3.45. The zero-order chi connectivity index (χ0) is 20.8. The number of anilines is 1. The number of rotatable bonds is 4. The normalized spacial score (nSPS) is 21.2. The van der Waals surface area contributed by atoms with E-state index in [1.54, 1.807) is 13.1 Å². The lowest BCUT2D eigenvalue weighted by molar-refractivity contribution is 0.129. The number of amides is 1. The van der Waals surface area contributed by atoms with Crippen molar-refractivity contribution in [1.82, 2.24) is 15.0 Å². The van der Waals surface area contributed by atoms with E-state index in [9.17, 15) is 22.0 Å². The van der Waals surface area contributed by atoms with Crippen molar-refractivity contribution in [3.63, 3.8) is 0 Å². The van der Waals surface area contributed by atoms with Gasteiger partial charge in [0.1, 0.15) is 17.7 Å². The zero-order valence-electron chi connectivity index (χ0n) is 15.5. The van der Waals surface area contributed by atoms with Crippen molar-refractivity contribution in [3.8, 4) is 0 Å². The van der Waals surface area contributed by atoms with Crippen molar-refractivity contribution in [2.45, 2.75) is 26.0 Å². The number of cyclic esters (lactones) is 1. The molecule has 0 spiro atoms. The Kier molecular flexibility index (Phi) is 4.85. The maximum atomic E-state index is 14.7. The van der Waals surface area contributed by atoms with Crippen LogP contribution in [-0.4, -0.2) is 53.7 Å². The molecule has 8 nitrogen and oxygen atoms in total. The number of sulfone groups is 1. The monoisotopic (exact) mass is 424 g/mol. The van der Waals surface area contributed by atoms with Gasteiger partial charge in [0, 0.05) is 11.8 Å². The van der Waals surface area contributed by atoms with Gasteiger partial charge < -0.3 is 4.74 Å². The summed E-state index contributed by atoms with van der Waals surface area (Å²) in [6.45, 7) is 2.16. The molecule has 2 aromatic rings. The van der Waals surface area contributed by atoms with Gasteiger partial charge in [-0.05, 0) is 31.1 Å². The van der Waals surface area contributed by atoms with Crippen LogP contribution in [0.2, 0.25) is 0 Å². The molecule has 1 amide bonds. The number of carbonyl (C=O) groups is 1. The summed E-state index contributed by atoms with van der Waals surface area (Å²) in [5, 5.41) is 7.75. The average Bonchev–Trinajstić information content (AvgIpc) is 3.21. The van der Waals surface area contributed by atoms with E-state index in [0.717, 1.165) is 22.7 Å². The van der Waals surface area contributed by atoms with Crippen molar-refractivity contribution in [1.29, 1.82) is 0 Å². The van der Waals surface area contributed by atoms with E-state index in [2.05, 4.69) is 10.3 Å². The van der Waals surface area contributed by atoms with Gasteiger partial charge in [-0.15, -0.1) is 5.10 Å². The minimum absolute atomic E-state index is 0.0371. The van der Waals surface area contributed by atoms with Crippen LogP contribution in [0.5, 0.6) is 0 Å². The molecule has 0 saturated carbocycles. The third kappa shape index (κ3) is 4.00. The standard InChI is InChI=1S/C18H18F2N4O4S/c1-11-8-23(22-21-11)9-14-10-24(18(25)28-14)13-6-15(19)17(16(20)7-13)12-2-4-29(26,27)5-3-12/h2,6-8,14H,3-5,9-10H2,1H3/t14-/m0/s1. The largest absolute Gasteiger partial charge is 0.442 e. The molecule has 0 unspecified atom stereocenters. The summed E-state index contributed by atoms with van der Waals surface area (Å²) < 4.78 is 59.2. The highest BCUT2D eigenvalue weighted by atomic mass is 32.2. The Morgan fingerprint density at radius 3 is 2.59 bits per heavy atom. The number of benzene rings is 1. The summed E-state index contributed by atoms with van der Waals surface area (Å²) in [6.07, 6.45) is 1.82. The number of hydrogen-bond acceptors (Lipinski definition) is 6. The molecule has 0 bridgehead atoms. The highest BCUT2D eigenvalue weighted by Gasteiger charge is 2.34. The lowest BCUT2D eigenvalue weighted by Crippen LogP contribution is -2.26. The Balaban J connectivity index is 1.55. The first-order valence-corrected chi connectivity index (χ1v) is 10.8. The van der Waals surface area contributed by atoms with Crippen LogP contribution in [0.15, 0.2) is 24.4 Å². The molecule has 1 aromatic carbocycles. The average molecular weight is 424 g/mol. The fourth-order valence-corrected chi connectivity index (χ4v) is 4.60. The summed E-state index contributed by atoms with van der Waals surface area (Å²) in [5.41, 5.74) is 0.807. The second kappa shape index (κ2) is 7.21. The molecule has 0 aliphatic carbocycles. The molecule has 3 heterocycles. The van der Waals surface area contributed by atoms with Gasteiger partial charge in [0.2, 0.25) is 0 Å². The molecule has 2 aliphatic rings. The van der Waals surface area contributed by atoms with E-state index < -0.39 is 33.7 Å². The van der Waals surface area contributed by atoms with Crippen molar-refractivity contribution in [3.05, 3.63) is 47.3 Å². The molecule has 0 N–H and O–H groups in total. The van der Waals surface area contributed by atoms with Gasteiger partial charge in [0.15, 0.2) is 9.84 Å². The summed E-state index contributed by atoms with van der Waals surface area (Å²) in [6, 6.07) is 2.12. The van der Waals surface area contributed by atoms with Gasteiger partial charge >= 0.3 is 6.09 Å². The lowest BCUT2D eigenvalue weighted by atomic mass is 10.0. The Morgan fingerprint density at radius 1 is 1.28 bits per heavy atom. The van der Waals surface area contributed by atoms with Crippen LogP contribution in [0.4, 0.5) is 19.3 Å². The van der Waals surface area contributed by atoms with Gasteiger partial charge in [0.25, 0.3) is 0 Å². The molecule has 2 aliphatic heterocycles. The van der Waals surface area contributed by atoms with Crippen LogP contribution in [-0.2, 0) is 21.1 Å². The first kappa shape index (κ1) is 19.5. The molecule has 1 saturated heterocycles. The van der Waals surface area contributed by atoms with Crippen molar-refractivity contribution >= 4 is 27.2 Å². The van der Waals surface area contributed by atoms with Gasteiger partial charge in [-0.3, -0.25) is 4.90 Å². The van der Waals surface area contributed by atoms with Crippen LogP contribution < -0.4 is 4.90 Å². The Labute approximate surface area is 165 Å². The SMILES string of the molecule is Cc1cn(C[C@H]2CN(c3cc(F)c(C4=CCS(=O)(=O)CC4)c(F)c3)C(=O)O2)nn1. The number of nitrogens with zero attached hydrogens (tertiary/aromatic N) is 4. The third-order valence-corrected chi connectivity index (χ3v) is 6.34. The Bertz CT molecular complexity index is 1090. The van der Waals surface area contributed by atoms with E-state index in [1.165, 1.54) is 10.8 Å². The molecular weight excluding hydrogens is 406 g/mol. The number of carbonyl (C=O) groups excluding carboxylic acids is 1. The van der Waals surface area contributed by atoms with Gasteiger partial charge in [-0.1, -0.05) is 11.3 Å². The quantitative estimate of drug-likeness (QED) is 0.746. The minimum atomic E-state index is -3.21. The van der Waals surface area contributed by atoms with Crippen LogP contribution in [0.1, 0.15) is 17.7 Å². The van der Waals surface area contributed by atoms with Crippen LogP contribution in [0, 0.1) is 18.6 Å². The molecule has 154 valence electrons. The minimum Gasteiger partial charge on any atom is -0.442 e. The van der Waals surface area contributed by atoms with Crippen LogP contribution >= 0.6 is 0 Å². The molecule has 4 rings (SSSR count). The van der Waals surface area contributed by atoms with E-state index in [0.29, 0.717) is 5.57 Å². The molecular formula is C18H18F2N4O4S. The number of aromatic nitrogens is 3. The molecule has 1 fully saturated rings. The lowest BCUT2D eigenvalue weighted by Gasteiger charge is -2.18. The number of hydrogen-bond donors (Lipinski definition) is 0. The third-order valence-electron chi connectivity index (χ3n) is 4.84. The maximum absolute atomic E-state index is 14.7. The van der Waals surface area contributed by atoms with Crippen LogP contribution in [0.25, 0.3) is 5.57 Å². The number of aryl methyl sites for hydroxylation is 1. The van der Waals surface area contributed by atoms with Crippen molar-refractivity contribution in [2.75, 3.05) is 23.0 Å². The number of ether oxygens (including phenoxy) is 1. The summed E-state index contributed by atoms with van der Waals surface area (Å²) in [5.74, 6) is -2.10. The molecule has 29 heavy (non-hydrogen) atoms. The zero-order valence-corrected chi connectivity index (χ0v) is 16.3. The fraction of sp³-hybridized carbons (Fsp3) is 0.389. The Hall–Kier alpha value is -2.82. The van der Waals surface area contributed by atoms with Gasteiger partial charge in [-0.25, -0.2) is 26.7 Å². The predicted octanol–water partition coefficient (Wildman–Crippen LogP) is 2.09. The van der Waals surface area contributed by atoms with Gasteiger partial charge in [0.05, 0.1) is 36.0 Å². The van der Waals surface area contributed by atoms with Gasteiger partial charge in [-0.2, -0.15) is 0 Å². The second-order valence-electron chi connectivity index (χ2n) is 7.08. The van der Waals surface area contributed by atoms with E-state index in [-0.39, 0.29) is 42.3 Å². The van der Waals surface area contributed by atoms with E-state index in [1.807, 2.05) is 0 Å². The predicted molar refractivity (Wildman–Crippen MR) is 100.0 cm³/mol. The maximum Gasteiger partial charge on any atom is 0.414 e. The van der Waals surface area contributed by atoms with E-state index in [4.69, 9.17) is 4.74 Å². The number of allylic oxidation sites excluding steroid dienone is 1. The van der Waals surface area contributed by atoms with Crippen molar-refractivity contribution < 1.29 is 26.7 Å². The highest BCUT2D eigenvalue weighted by Crippen LogP contribution is 2.32. The first-order valence-electron chi connectivity index (χ1n) is 8.95. The summed E-state index contributed by atoms with van der Waals surface area (Å²) >= 11 is 0. The summed E-state index contributed by atoms with van der Waals surface area (Å²) in [4.78, 5) is 13.4.